The van der Waals surface area contributed by atoms with E-state index in [9.17, 15) is 0 Å². The summed E-state index contributed by atoms with van der Waals surface area (Å²) in [6.07, 6.45) is 12.0. The van der Waals surface area contributed by atoms with Crippen molar-refractivity contribution in [1.29, 1.82) is 0 Å². The molecule has 0 radical (unpaired) electrons. The van der Waals surface area contributed by atoms with Gasteiger partial charge in [-0.15, -0.1) is 0 Å². The number of aryl methyl sites for hydroxylation is 1. The van der Waals surface area contributed by atoms with E-state index in [0.29, 0.717) is 18.0 Å². The van der Waals surface area contributed by atoms with Gasteiger partial charge in [0.2, 0.25) is 0 Å². The molecule has 7 nitrogen and oxygen atoms in total. The van der Waals surface area contributed by atoms with E-state index < -0.39 is 0 Å². The van der Waals surface area contributed by atoms with Crippen LogP contribution in [0.2, 0.25) is 0 Å². The summed E-state index contributed by atoms with van der Waals surface area (Å²) in [5.41, 5.74) is 5.54. The minimum atomic E-state index is 0.194. The number of nitrogens with zero attached hydrogens (tertiary/aromatic N) is 5. The first-order valence-electron chi connectivity index (χ1n) is 11.9. The lowest BCUT2D eigenvalue weighted by Gasteiger charge is -2.57. The van der Waals surface area contributed by atoms with Crippen molar-refractivity contribution in [2.45, 2.75) is 62.6 Å². The van der Waals surface area contributed by atoms with Gasteiger partial charge in [0.1, 0.15) is 11.5 Å². The van der Waals surface area contributed by atoms with Gasteiger partial charge in [0.15, 0.2) is 5.82 Å². The van der Waals surface area contributed by atoms with Gasteiger partial charge in [0, 0.05) is 52.4 Å². The molecule has 2 saturated heterocycles. The van der Waals surface area contributed by atoms with Crippen LogP contribution in [0.15, 0.2) is 30.7 Å². The molecule has 3 aliphatic heterocycles. The molecule has 3 fully saturated rings. The number of piperidine rings is 1. The predicted molar refractivity (Wildman–Crippen MR) is 124 cm³/mol. The second-order valence-corrected chi connectivity index (χ2v) is 10.1. The number of rotatable bonds is 1. The van der Waals surface area contributed by atoms with Crippen LogP contribution in [-0.4, -0.2) is 49.1 Å². The molecule has 8 rings (SSSR count). The summed E-state index contributed by atoms with van der Waals surface area (Å²) in [5, 5.41) is 6.14. The number of hydrogen-bond donors (Lipinski definition) is 2. The Morgan fingerprint density at radius 3 is 3.06 bits per heavy atom. The highest BCUT2D eigenvalue weighted by Gasteiger charge is 2.63. The van der Waals surface area contributed by atoms with Gasteiger partial charge in [-0.2, -0.15) is 0 Å². The molecular formula is C25H25N7. The first kappa shape index (κ1) is 17.5. The van der Waals surface area contributed by atoms with Crippen LogP contribution >= 0.6 is 0 Å². The monoisotopic (exact) mass is 423 g/mol. The molecule has 0 bridgehead atoms. The van der Waals surface area contributed by atoms with Crippen molar-refractivity contribution >= 4 is 27.8 Å². The average Bonchev–Trinajstić information content (AvgIpc) is 3.35. The Balaban J connectivity index is 1.42. The molecule has 4 aromatic rings. The van der Waals surface area contributed by atoms with Crippen LogP contribution in [0.1, 0.15) is 49.3 Å². The zero-order valence-electron chi connectivity index (χ0n) is 18.1. The Kier molecular flexibility index (Phi) is 3.19. The van der Waals surface area contributed by atoms with Crippen LogP contribution < -0.4 is 10.2 Å². The summed E-state index contributed by atoms with van der Waals surface area (Å²) in [5.74, 6) is 2.46. The Bertz CT molecular complexity index is 1420. The van der Waals surface area contributed by atoms with Crippen LogP contribution in [0.5, 0.6) is 0 Å². The van der Waals surface area contributed by atoms with E-state index in [0.717, 1.165) is 46.0 Å². The summed E-state index contributed by atoms with van der Waals surface area (Å²) in [7, 11) is 0. The Morgan fingerprint density at radius 2 is 2.16 bits per heavy atom. The van der Waals surface area contributed by atoms with E-state index in [2.05, 4.69) is 44.4 Å². The number of anilines is 1. The van der Waals surface area contributed by atoms with Gasteiger partial charge in [0.25, 0.3) is 0 Å². The predicted octanol–water partition coefficient (Wildman–Crippen LogP) is 3.84. The summed E-state index contributed by atoms with van der Waals surface area (Å²) < 4.78 is 0. The van der Waals surface area contributed by atoms with Gasteiger partial charge in [-0.25, -0.2) is 15.0 Å². The molecule has 1 saturated carbocycles. The summed E-state index contributed by atoms with van der Waals surface area (Å²) in [4.78, 5) is 25.6. The maximum absolute atomic E-state index is 5.33. The van der Waals surface area contributed by atoms with E-state index in [1.807, 2.05) is 18.5 Å². The fraction of sp³-hybridized carbons (Fsp3) is 0.440. The van der Waals surface area contributed by atoms with Crippen LogP contribution in [0.4, 0.5) is 5.82 Å². The van der Waals surface area contributed by atoms with Crippen molar-refractivity contribution in [2.75, 3.05) is 11.4 Å². The lowest BCUT2D eigenvalue weighted by Crippen LogP contribution is -2.60. The van der Waals surface area contributed by atoms with Gasteiger partial charge >= 0.3 is 0 Å². The molecule has 160 valence electrons. The molecule has 0 aromatic carbocycles. The third-order valence-electron chi connectivity index (χ3n) is 8.58. The molecule has 7 heteroatoms. The Labute approximate surface area is 185 Å². The number of H-pyrrole nitrogens is 1. The summed E-state index contributed by atoms with van der Waals surface area (Å²) in [6, 6.07) is 5.26. The van der Waals surface area contributed by atoms with Crippen molar-refractivity contribution in [2.24, 2.45) is 0 Å². The van der Waals surface area contributed by atoms with Crippen LogP contribution in [-0.2, 0) is 0 Å². The Hall–Kier alpha value is -3.06. The molecule has 4 aromatic heterocycles. The minimum Gasteiger partial charge on any atom is -0.345 e. The van der Waals surface area contributed by atoms with Gasteiger partial charge in [-0.05, 0) is 63.3 Å². The minimum absolute atomic E-state index is 0.194. The van der Waals surface area contributed by atoms with Gasteiger partial charge in [-0.3, -0.25) is 4.98 Å². The summed E-state index contributed by atoms with van der Waals surface area (Å²) >= 11 is 0. The van der Waals surface area contributed by atoms with Crippen LogP contribution in [0.25, 0.3) is 33.3 Å². The first-order valence-corrected chi connectivity index (χ1v) is 11.9. The van der Waals surface area contributed by atoms with Crippen LogP contribution in [0, 0.1) is 6.92 Å². The van der Waals surface area contributed by atoms with E-state index in [1.54, 1.807) is 0 Å². The maximum Gasteiger partial charge on any atom is 0.163 e. The zero-order valence-corrected chi connectivity index (χ0v) is 18.1. The SMILES string of the molecule is Cc1cc2c(-c3nc4c5c(cncc5n3)C3CCC35C[C@H]3NCCC[C@H]3N45)ccnc2[nH]1. The molecule has 0 amide bonds. The van der Waals surface area contributed by atoms with Crippen molar-refractivity contribution in [3.63, 3.8) is 0 Å². The van der Waals surface area contributed by atoms with Crippen molar-refractivity contribution < 1.29 is 0 Å². The smallest absolute Gasteiger partial charge is 0.163 e. The highest BCUT2D eigenvalue weighted by molar-refractivity contribution is 5.99. The Morgan fingerprint density at radius 1 is 1.19 bits per heavy atom. The molecule has 2 unspecified atom stereocenters. The molecule has 4 atom stereocenters. The largest absolute Gasteiger partial charge is 0.345 e. The number of hydrogen-bond acceptors (Lipinski definition) is 6. The fourth-order valence-corrected chi connectivity index (χ4v) is 7.23. The molecule has 32 heavy (non-hydrogen) atoms. The standard InChI is InChI=1S/C25H25N7/c1-13-9-15-14(5-8-28-22(15)29-13)23-30-19-12-26-11-16-17-4-6-25(17)10-18-20(3-2-7-27-18)32(25)24(31-23)21(16)19/h5,8-9,11-12,17-18,20,27H,2-4,6-7,10H2,1H3,(H,28,29)/t17?,18-,20-,25?/m1/s1. The van der Waals surface area contributed by atoms with Crippen molar-refractivity contribution in [3.8, 4) is 11.4 Å². The lowest BCUT2D eigenvalue weighted by atomic mass is 9.60. The molecule has 2 N–H and O–H groups in total. The fourth-order valence-electron chi connectivity index (χ4n) is 7.23. The van der Waals surface area contributed by atoms with Gasteiger partial charge in [-0.1, -0.05) is 0 Å². The first-order chi connectivity index (χ1) is 15.7. The van der Waals surface area contributed by atoms with Crippen molar-refractivity contribution in [1.82, 2.24) is 30.2 Å². The van der Waals surface area contributed by atoms with Crippen molar-refractivity contribution in [3.05, 3.63) is 42.0 Å². The topological polar surface area (TPSA) is 82.6 Å². The zero-order chi connectivity index (χ0) is 21.0. The summed E-state index contributed by atoms with van der Waals surface area (Å²) in [6.45, 7) is 3.20. The molecule has 7 heterocycles. The second-order valence-electron chi connectivity index (χ2n) is 10.1. The number of aromatic nitrogens is 5. The van der Waals surface area contributed by atoms with Gasteiger partial charge in [0.05, 0.1) is 17.3 Å². The van der Waals surface area contributed by atoms with Gasteiger partial charge < -0.3 is 15.2 Å². The molecule has 4 aliphatic rings. The molecule has 1 aliphatic carbocycles. The highest BCUT2D eigenvalue weighted by atomic mass is 15.4. The number of pyridine rings is 2. The molecular weight excluding hydrogens is 398 g/mol. The maximum atomic E-state index is 5.33. The van der Waals surface area contributed by atoms with E-state index in [1.165, 1.54) is 43.1 Å². The number of nitrogens with one attached hydrogen (secondary N) is 2. The quantitative estimate of drug-likeness (QED) is 0.484. The highest BCUT2D eigenvalue weighted by Crippen LogP contribution is 2.63. The van der Waals surface area contributed by atoms with E-state index >= 15 is 0 Å². The number of aromatic amines is 1. The molecule has 1 spiro atoms. The van der Waals surface area contributed by atoms with Crippen LogP contribution in [0.3, 0.4) is 0 Å². The second kappa shape index (κ2) is 5.84. The third-order valence-corrected chi connectivity index (χ3v) is 8.58. The van der Waals surface area contributed by atoms with E-state index in [-0.39, 0.29) is 5.54 Å². The number of fused-ring (bicyclic) bond motifs is 5. The average molecular weight is 424 g/mol. The van der Waals surface area contributed by atoms with E-state index in [4.69, 9.17) is 9.97 Å². The third kappa shape index (κ3) is 2.01. The lowest BCUT2D eigenvalue weighted by molar-refractivity contribution is 0.188. The normalized spacial score (nSPS) is 30.2.